The predicted octanol–water partition coefficient (Wildman–Crippen LogP) is 9.65. The van der Waals surface area contributed by atoms with Gasteiger partial charge in [-0.15, -0.1) is 0 Å². The average Bonchev–Trinajstić information content (AvgIpc) is 3.14. The Hall–Kier alpha value is -5.92. The molecule has 0 fully saturated rings. The Morgan fingerprint density at radius 2 is 1.07 bits per heavy atom. The maximum atomic E-state index is 3.74. The van der Waals surface area contributed by atoms with Gasteiger partial charge < -0.3 is 5.32 Å². The van der Waals surface area contributed by atoms with Crippen LogP contribution in [-0.2, 0) is 0 Å². The molecule has 0 bridgehead atoms. The molecule has 0 amide bonds. The molecule has 1 nitrogen and oxygen atoms in total. The van der Waals surface area contributed by atoms with Crippen molar-refractivity contribution in [3.8, 4) is 44.5 Å². The summed E-state index contributed by atoms with van der Waals surface area (Å²) < 4.78 is 0. The quantitative estimate of drug-likeness (QED) is 0.217. The van der Waals surface area contributed by atoms with Crippen LogP contribution < -0.4 is 15.8 Å². The van der Waals surface area contributed by atoms with Gasteiger partial charge in [0.1, 0.15) is 0 Å². The van der Waals surface area contributed by atoms with Gasteiger partial charge in [0.15, 0.2) is 0 Å². The SMILES string of the molecule is C1=CC2=c3c(-c4cccc5ccccc45)c4ccccc4c(-c4cccc(-c5ccc(-c6ccccc6)cc5)c4)c3=CNC2C=C1. The summed E-state index contributed by atoms with van der Waals surface area (Å²) in [6.07, 6.45) is 11.1. The number of nitrogens with one attached hydrogen (secondary N) is 1. The van der Waals surface area contributed by atoms with Crippen molar-refractivity contribution in [3.63, 3.8) is 0 Å². The molecule has 1 heteroatoms. The van der Waals surface area contributed by atoms with Gasteiger partial charge in [-0.1, -0.05) is 164 Å². The predicted molar refractivity (Wildman–Crippen MR) is 196 cm³/mol. The van der Waals surface area contributed by atoms with Crippen molar-refractivity contribution in [2.24, 2.45) is 0 Å². The summed E-state index contributed by atoms with van der Waals surface area (Å²) in [4.78, 5) is 0. The van der Waals surface area contributed by atoms with Gasteiger partial charge >= 0.3 is 0 Å². The first-order valence-electron chi connectivity index (χ1n) is 16.0. The van der Waals surface area contributed by atoms with Gasteiger partial charge in [0.05, 0.1) is 6.04 Å². The second-order valence-electron chi connectivity index (χ2n) is 12.1. The number of hydrogen-bond donors (Lipinski definition) is 1. The normalized spacial score (nSPS) is 14.9. The third kappa shape index (κ3) is 4.32. The second-order valence-corrected chi connectivity index (χ2v) is 12.1. The van der Waals surface area contributed by atoms with Crippen molar-refractivity contribution in [2.45, 2.75) is 6.04 Å². The van der Waals surface area contributed by atoms with E-state index in [1.807, 2.05) is 0 Å². The largest absolute Gasteiger partial charge is 0.380 e. The van der Waals surface area contributed by atoms with Crippen LogP contribution in [0.2, 0.25) is 0 Å². The van der Waals surface area contributed by atoms with Crippen LogP contribution in [0.15, 0.2) is 170 Å². The Morgan fingerprint density at radius 3 is 1.89 bits per heavy atom. The zero-order valence-corrected chi connectivity index (χ0v) is 25.3. The van der Waals surface area contributed by atoms with Crippen LogP contribution >= 0.6 is 0 Å². The van der Waals surface area contributed by atoms with Gasteiger partial charge in [0.2, 0.25) is 0 Å². The Balaban J connectivity index is 1.32. The molecule has 7 aromatic carbocycles. The highest BCUT2D eigenvalue weighted by Gasteiger charge is 2.23. The van der Waals surface area contributed by atoms with Crippen LogP contribution in [0.4, 0.5) is 0 Å². The minimum absolute atomic E-state index is 0.134. The van der Waals surface area contributed by atoms with E-state index in [0.29, 0.717) is 0 Å². The summed E-state index contributed by atoms with van der Waals surface area (Å²) >= 11 is 0. The fourth-order valence-electron chi connectivity index (χ4n) is 7.38. The summed E-state index contributed by atoms with van der Waals surface area (Å²) in [5.41, 5.74) is 11.2. The molecule has 7 aromatic rings. The van der Waals surface area contributed by atoms with E-state index in [9.17, 15) is 0 Å². The van der Waals surface area contributed by atoms with Gasteiger partial charge in [-0.3, -0.25) is 0 Å². The number of rotatable bonds is 4. The molecule has 0 saturated carbocycles. The molecule has 1 atom stereocenters. The molecule has 46 heavy (non-hydrogen) atoms. The van der Waals surface area contributed by atoms with Crippen LogP contribution in [0.1, 0.15) is 0 Å². The van der Waals surface area contributed by atoms with Crippen molar-refractivity contribution >= 4 is 33.3 Å². The van der Waals surface area contributed by atoms with Gasteiger partial charge in [-0.25, -0.2) is 0 Å². The van der Waals surface area contributed by atoms with Crippen LogP contribution in [-0.4, -0.2) is 6.04 Å². The third-order valence-corrected chi connectivity index (χ3v) is 9.51. The van der Waals surface area contributed by atoms with E-state index >= 15 is 0 Å². The minimum atomic E-state index is 0.134. The Morgan fingerprint density at radius 1 is 0.457 bits per heavy atom. The molecule has 1 N–H and O–H groups in total. The van der Waals surface area contributed by atoms with Crippen LogP contribution in [0.5, 0.6) is 0 Å². The molecule has 1 aliphatic heterocycles. The molecule has 216 valence electrons. The average molecular weight is 586 g/mol. The number of hydrogen-bond acceptors (Lipinski definition) is 1. The fraction of sp³-hybridized carbons (Fsp3) is 0.0222. The molecule has 2 aliphatic rings. The first kappa shape index (κ1) is 26.5. The van der Waals surface area contributed by atoms with Crippen molar-refractivity contribution in [2.75, 3.05) is 0 Å². The number of fused-ring (bicyclic) bond motifs is 4. The number of benzene rings is 7. The summed E-state index contributed by atoms with van der Waals surface area (Å²) in [5, 5.41) is 11.3. The molecule has 1 heterocycles. The first-order valence-corrected chi connectivity index (χ1v) is 16.0. The molecule has 0 spiro atoms. The maximum Gasteiger partial charge on any atom is 0.0702 e. The lowest BCUT2D eigenvalue weighted by atomic mass is 9.82. The maximum absolute atomic E-state index is 3.74. The molecular formula is C45H31N. The zero-order chi connectivity index (χ0) is 30.5. The van der Waals surface area contributed by atoms with E-state index < -0.39 is 0 Å². The molecule has 0 saturated heterocycles. The minimum Gasteiger partial charge on any atom is -0.380 e. The zero-order valence-electron chi connectivity index (χ0n) is 25.3. The summed E-state index contributed by atoms with van der Waals surface area (Å²) in [6, 6.07) is 53.1. The van der Waals surface area contributed by atoms with Gasteiger partial charge in [0, 0.05) is 11.4 Å². The lowest BCUT2D eigenvalue weighted by molar-refractivity contribution is 0.879. The molecule has 9 rings (SSSR count). The lowest BCUT2D eigenvalue weighted by Gasteiger charge is -2.26. The summed E-state index contributed by atoms with van der Waals surface area (Å²) in [6.45, 7) is 0. The Kier molecular flexibility index (Phi) is 6.28. The number of allylic oxidation sites excluding steroid dienone is 2. The Bertz CT molecular complexity index is 2480. The molecule has 0 aromatic heterocycles. The second kappa shape index (κ2) is 10.9. The van der Waals surface area contributed by atoms with Crippen molar-refractivity contribution in [3.05, 3.63) is 180 Å². The van der Waals surface area contributed by atoms with Crippen molar-refractivity contribution < 1.29 is 0 Å². The molecular weight excluding hydrogens is 555 g/mol. The summed E-state index contributed by atoms with van der Waals surface area (Å²) in [7, 11) is 0. The molecule has 1 unspecified atom stereocenters. The monoisotopic (exact) mass is 585 g/mol. The standard InChI is InChI=1S/C45H31N/c1-2-12-30(13-3-1)31-24-26-32(27-25-31)34-16-10-17-35(28-34)43-38-19-6-7-20-39(38)44(37-22-11-15-33-14-4-5-18-36(33)37)45-40-21-8-9-23-42(40)46-29-41(43)45/h1-29,42,46H. The lowest BCUT2D eigenvalue weighted by Crippen LogP contribution is -2.44. The van der Waals surface area contributed by atoms with Crippen LogP contribution in [0, 0.1) is 0 Å². The Labute approximate surface area is 268 Å². The van der Waals surface area contributed by atoms with Gasteiger partial charge in [-0.05, 0) is 82.9 Å². The smallest absolute Gasteiger partial charge is 0.0702 e. The fourth-order valence-corrected chi connectivity index (χ4v) is 7.38. The van der Waals surface area contributed by atoms with Crippen molar-refractivity contribution in [1.29, 1.82) is 0 Å². The van der Waals surface area contributed by atoms with Crippen molar-refractivity contribution in [1.82, 2.24) is 5.32 Å². The molecule has 1 aliphatic carbocycles. The van der Waals surface area contributed by atoms with E-state index in [4.69, 9.17) is 0 Å². The van der Waals surface area contributed by atoms with E-state index in [1.54, 1.807) is 0 Å². The highest BCUT2D eigenvalue weighted by Crippen LogP contribution is 2.37. The van der Waals surface area contributed by atoms with E-state index in [0.717, 1.165) is 0 Å². The molecule has 0 radical (unpaired) electrons. The highest BCUT2D eigenvalue weighted by molar-refractivity contribution is 6.11. The third-order valence-electron chi connectivity index (χ3n) is 9.51. The summed E-state index contributed by atoms with van der Waals surface area (Å²) in [5.74, 6) is 0. The van der Waals surface area contributed by atoms with E-state index in [-0.39, 0.29) is 6.04 Å². The first-order chi connectivity index (χ1) is 22.8. The van der Waals surface area contributed by atoms with Crippen LogP contribution in [0.25, 0.3) is 77.8 Å². The van der Waals surface area contributed by atoms with E-state index in [2.05, 4.69) is 181 Å². The van der Waals surface area contributed by atoms with Crippen LogP contribution in [0.3, 0.4) is 0 Å². The topological polar surface area (TPSA) is 12.0 Å². The van der Waals surface area contributed by atoms with Gasteiger partial charge in [0.25, 0.3) is 0 Å². The van der Waals surface area contributed by atoms with Gasteiger partial charge in [-0.2, -0.15) is 0 Å². The van der Waals surface area contributed by atoms with E-state index in [1.165, 1.54) is 82.1 Å². The highest BCUT2D eigenvalue weighted by atomic mass is 14.9.